The maximum Gasteiger partial charge on any atom is 0.573 e. The molecular weight excluding hydrogens is 643 g/mol. The van der Waals surface area contributed by atoms with Crippen molar-refractivity contribution in [2.75, 3.05) is 38.5 Å². The Balaban J connectivity index is 1.54. The Hall–Kier alpha value is -5.29. The van der Waals surface area contributed by atoms with E-state index in [2.05, 4.69) is 15.6 Å². The second-order valence-electron chi connectivity index (χ2n) is 12.2. The van der Waals surface area contributed by atoms with Crippen LogP contribution in [-0.2, 0) is 20.8 Å². The van der Waals surface area contributed by atoms with E-state index in [1.54, 1.807) is 19.0 Å². The van der Waals surface area contributed by atoms with Crippen molar-refractivity contribution in [2.24, 2.45) is 17.6 Å². The molecule has 2 unspecified atom stereocenters. The summed E-state index contributed by atoms with van der Waals surface area (Å²) in [6.07, 6.45) is -4.98. The molecular formula is C31H32F3N5O9. The number of phenols is 1. The van der Waals surface area contributed by atoms with Gasteiger partial charge in [-0.2, -0.15) is 0 Å². The first kappa shape index (κ1) is 34.1. The van der Waals surface area contributed by atoms with Crippen LogP contribution in [0.3, 0.4) is 0 Å². The van der Waals surface area contributed by atoms with E-state index in [0.29, 0.717) is 11.3 Å². The Labute approximate surface area is 270 Å². The number of amides is 2. The Morgan fingerprint density at radius 2 is 1.69 bits per heavy atom. The largest absolute Gasteiger partial charge is 0.573 e. The van der Waals surface area contributed by atoms with Gasteiger partial charge in [-0.15, -0.1) is 13.2 Å². The Morgan fingerprint density at radius 3 is 2.23 bits per heavy atom. The quantitative estimate of drug-likeness (QED) is 0.127. The van der Waals surface area contributed by atoms with Gasteiger partial charge in [0.05, 0.1) is 17.3 Å². The minimum absolute atomic E-state index is 0.0363. The number of nitrogens with one attached hydrogen (secondary N) is 2. The normalized spacial score (nSPS) is 23.7. The topological polar surface area (TPSA) is 215 Å². The number of ether oxygens (including phenoxy) is 1. The third kappa shape index (κ3) is 5.43. The van der Waals surface area contributed by atoms with Gasteiger partial charge in [0.15, 0.2) is 17.1 Å². The summed E-state index contributed by atoms with van der Waals surface area (Å²) in [5.41, 5.74) is 6.47. The van der Waals surface area contributed by atoms with Crippen molar-refractivity contribution in [2.45, 2.75) is 30.8 Å². The average Bonchev–Trinajstić information content (AvgIpc) is 2.97. The summed E-state index contributed by atoms with van der Waals surface area (Å²) < 4.78 is 41.2. The highest BCUT2D eigenvalue weighted by molar-refractivity contribution is 6.24. The number of carbonyl (C=O) groups excluding carboxylic acids is 4. The third-order valence-electron chi connectivity index (χ3n) is 8.84. The first-order valence-corrected chi connectivity index (χ1v) is 14.4. The highest BCUT2D eigenvalue weighted by atomic mass is 19.4. The molecule has 0 radical (unpaired) electrons. The summed E-state index contributed by atoms with van der Waals surface area (Å²) in [4.78, 5) is 55.3. The Morgan fingerprint density at radius 1 is 1.06 bits per heavy atom. The first-order chi connectivity index (χ1) is 22.3. The molecule has 8 N–H and O–H groups in total. The summed E-state index contributed by atoms with van der Waals surface area (Å²) >= 11 is 0. The van der Waals surface area contributed by atoms with E-state index in [4.69, 9.17) is 5.73 Å². The Bertz CT molecular complexity index is 1800. The highest BCUT2D eigenvalue weighted by Gasteiger charge is 2.64. The lowest BCUT2D eigenvalue weighted by Gasteiger charge is -2.50. The number of carbonyl (C=O) groups is 4. The Kier molecular flexibility index (Phi) is 8.33. The number of aliphatic hydroxyl groups is 3. The van der Waals surface area contributed by atoms with Gasteiger partial charge in [0.25, 0.3) is 11.8 Å². The zero-order valence-corrected chi connectivity index (χ0v) is 26.0. The standard InChI is InChI=1S/C31H32F3N5O9/c1-38(2)18-11-17(36-37-29(46)12-5-7-14(8-6-12)48-31(32,33)34)23(40)20-15(18)9-13-10-16-22(39(3)4)25(42)21(28(35)45)27(44)30(16,47)26(43)19(13)24(20)41/h5-8,11,13,16,22,36,40-41,44,47H,9-10H2,1-4H3,(H2,35,45)(H,37,46)/t13?,16?,22-,30-/m0/s1. The van der Waals surface area contributed by atoms with Crippen LogP contribution < -0.4 is 26.2 Å². The fraction of sp³-hybridized carbons (Fsp3) is 0.355. The van der Waals surface area contributed by atoms with Crippen LogP contribution in [0, 0.1) is 11.8 Å². The van der Waals surface area contributed by atoms with Gasteiger partial charge in [0.2, 0.25) is 5.78 Å². The number of nitrogens with zero attached hydrogens (tertiary/aromatic N) is 2. The maximum atomic E-state index is 14.1. The van der Waals surface area contributed by atoms with Crippen LogP contribution in [-0.4, -0.2) is 94.9 Å². The average molecular weight is 676 g/mol. The summed E-state index contributed by atoms with van der Waals surface area (Å²) in [7, 11) is 6.33. The molecule has 4 atom stereocenters. The predicted molar refractivity (Wildman–Crippen MR) is 163 cm³/mol. The number of ketones is 2. The van der Waals surface area contributed by atoms with E-state index in [-0.39, 0.29) is 35.2 Å². The lowest BCUT2D eigenvalue weighted by Crippen LogP contribution is -2.65. The van der Waals surface area contributed by atoms with Crippen molar-refractivity contribution in [1.82, 2.24) is 10.3 Å². The maximum absolute atomic E-state index is 14.1. The fourth-order valence-electron chi connectivity index (χ4n) is 6.79. The van der Waals surface area contributed by atoms with E-state index in [1.807, 2.05) is 0 Å². The number of hydrogen-bond acceptors (Lipinski definition) is 12. The summed E-state index contributed by atoms with van der Waals surface area (Å²) in [5.74, 6) is -9.36. The number of likely N-dealkylation sites (N-methyl/N-ethyl adjacent to an activating group) is 1. The predicted octanol–water partition coefficient (Wildman–Crippen LogP) is 1.69. The lowest BCUT2D eigenvalue weighted by molar-refractivity contribution is -0.274. The molecule has 0 spiro atoms. The SMILES string of the molecule is CN(C)c1cc(NNC(=O)c2ccc(OC(F)(F)F)cc2)c(O)c2c1CC1CC3[C@H](N(C)C)C(=O)C(C(N)=O)=C(O)[C@@]3(O)C(=O)C1=C2O. The van der Waals surface area contributed by atoms with Crippen molar-refractivity contribution in [3.05, 3.63) is 63.9 Å². The summed E-state index contributed by atoms with van der Waals surface area (Å²) in [6.45, 7) is 0. The van der Waals surface area contributed by atoms with E-state index in [1.165, 1.54) is 25.1 Å². The van der Waals surface area contributed by atoms with E-state index in [0.717, 1.165) is 24.3 Å². The molecule has 17 heteroatoms. The van der Waals surface area contributed by atoms with Crippen LogP contribution in [0.4, 0.5) is 24.5 Å². The lowest BCUT2D eigenvalue weighted by atomic mass is 9.57. The summed E-state index contributed by atoms with van der Waals surface area (Å²) in [6, 6.07) is 4.25. The molecule has 256 valence electrons. The molecule has 3 aliphatic rings. The van der Waals surface area contributed by atoms with E-state index in [9.17, 15) is 52.8 Å². The zero-order chi connectivity index (χ0) is 35.6. The minimum Gasteiger partial charge on any atom is -0.508 e. The van der Waals surface area contributed by atoms with Gasteiger partial charge in [0, 0.05) is 36.8 Å². The number of alkyl halides is 3. The monoisotopic (exact) mass is 675 g/mol. The van der Waals surface area contributed by atoms with Crippen LogP contribution in [0.2, 0.25) is 0 Å². The van der Waals surface area contributed by atoms with Crippen molar-refractivity contribution in [3.8, 4) is 11.5 Å². The van der Waals surface area contributed by atoms with Crippen LogP contribution in [0.25, 0.3) is 5.76 Å². The van der Waals surface area contributed by atoms with Crippen LogP contribution in [0.1, 0.15) is 27.9 Å². The number of Topliss-reactive ketones (excluding diaryl/α,β-unsaturated/α-hetero) is 2. The first-order valence-electron chi connectivity index (χ1n) is 14.4. The molecule has 0 aromatic heterocycles. The number of hydrazine groups is 1. The molecule has 0 saturated heterocycles. The molecule has 1 fully saturated rings. The minimum atomic E-state index is -4.92. The molecule has 1 saturated carbocycles. The van der Waals surface area contributed by atoms with Gasteiger partial charge < -0.3 is 35.8 Å². The number of anilines is 2. The van der Waals surface area contributed by atoms with Crippen LogP contribution in [0.15, 0.2) is 47.2 Å². The number of hydrogen-bond donors (Lipinski definition) is 7. The fourth-order valence-corrected chi connectivity index (χ4v) is 6.79. The summed E-state index contributed by atoms with van der Waals surface area (Å²) in [5, 5.41) is 45.7. The second kappa shape index (κ2) is 11.7. The molecule has 0 heterocycles. The number of rotatable bonds is 7. The van der Waals surface area contributed by atoms with Gasteiger partial charge in [-0.1, -0.05) is 0 Å². The van der Waals surface area contributed by atoms with Gasteiger partial charge in [0.1, 0.15) is 22.8 Å². The molecule has 48 heavy (non-hydrogen) atoms. The van der Waals surface area contributed by atoms with Gasteiger partial charge in [-0.3, -0.25) is 34.9 Å². The molecule has 2 aromatic carbocycles. The van der Waals surface area contributed by atoms with Crippen LogP contribution in [0.5, 0.6) is 11.5 Å². The number of primary amides is 1. The molecule has 3 aliphatic carbocycles. The number of benzene rings is 2. The number of nitrogens with two attached hydrogens (primary N) is 1. The molecule has 0 aliphatic heterocycles. The van der Waals surface area contributed by atoms with Crippen molar-refractivity contribution < 1.29 is 57.5 Å². The van der Waals surface area contributed by atoms with Gasteiger partial charge in [-0.05, 0) is 68.8 Å². The van der Waals surface area contributed by atoms with E-state index < -0.39 is 81.8 Å². The van der Waals surface area contributed by atoms with Gasteiger partial charge in [-0.25, -0.2) is 0 Å². The molecule has 0 bridgehead atoms. The molecule has 2 aromatic rings. The van der Waals surface area contributed by atoms with Crippen molar-refractivity contribution >= 4 is 40.5 Å². The molecule has 14 nitrogen and oxygen atoms in total. The number of fused-ring (bicyclic) bond motifs is 3. The van der Waals surface area contributed by atoms with Gasteiger partial charge >= 0.3 is 6.36 Å². The third-order valence-corrected chi connectivity index (χ3v) is 8.84. The number of aromatic hydroxyl groups is 1. The highest BCUT2D eigenvalue weighted by Crippen LogP contribution is 2.54. The van der Waals surface area contributed by atoms with Crippen molar-refractivity contribution in [1.29, 1.82) is 0 Å². The zero-order valence-electron chi connectivity index (χ0n) is 26.0. The van der Waals surface area contributed by atoms with Crippen LogP contribution >= 0.6 is 0 Å². The molecule has 5 rings (SSSR count). The number of phenolic OH excluding ortho intramolecular Hbond substituents is 1. The number of halogens is 3. The van der Waals surface area contributed by atoms with E-state index >= 15 is 0 Å². The smallest absolute Gasteiger partial charge is 0.508 e. The number of aliphatic hydroxyl groups excluding tert-OH is 2. The van der Waals surface area contributed by atoms with Crippen molar-refractivity contribution in [3.63, 3.8) is 0 Å². The molecule has 2 amide bonds. The second-order valence-corrected chi connectivity index (χ2v) is 12.2.